The maximum absolute atomic E-state index is 12.0. The largest absolute Gasteiger partial charge is 0.409 e. The third-order valence-electron chi connectivity index (χ3n) is 2.10. The number of carbonyl (C=O) groups is 1. The van der Waals surface area contributed by atoms with Gasteiger partial charge in [-0.3, -0.25) is 0 Å². The molecule has 0 unspecified atom stereocenters. The minimum atomic E-state index is -0.277. The van der Waals surface area contributed by atoms with E-state index in [1.54, 1.807) is 4.90 Å². The van der Waals surface area contributed by atoms with E-state index in [1.807, 2.05) is 34.6 Å². The highest BCUT2D eigenvalue weighted by Crippen LogP contribution is 2.05. The van der Waals surface area contributed by atoms with Crippen molar-refractivity contribution in [2.24, 2.45) is 10.9 Å². The molecule has 17 heavy (non-hydrogen) atoms. The van der Waals surface area contributed by atoms with Gasteiger partial charge >= 0.3 is 6.03 Å². The molecule has 0 aromatic heterocycles. The number of rotatable bonds is 4. The van der Waals surface area contributed by atoms with Crippen LogP contribution in [-0.2, 0) is 0 Å². The number of amides is 2. The molecule has 0 aromatic carbocycles. The zero-order valence-corrected chi connectivity index (χ0v) is 11.3. The fourth-order valence-electron chi connectivity index (χ4n) is 1.27. The molecule has 0 saturated carbocycles. The molecule has 0 bridgehead atoms. The summed E-state index contributed by atoms with van der Waals surface area (Å²) in [5, 5.41) is 14.2. The van der Waals surface area contributed by atoms with Crippen LogP contribution >= 0.6 is 0 Å². The van der Waals surface area contributed by atoms with Gasteiger partial charge in [0.25, 0.3) is 0 Å². The molecule has 6 nitrogen and oxygen atoms in total. The lowest BCUT2D eigenvalue weighted by Crippen LogP contribution is -2.51. The number of hydrogen-bond acceptors (Lipinski definition) is 3. The fourth-order valence-corrected chi connectivity index (χ4v) is 1.27. The zero-order chi connectivity index (χ0) is 13.6. The maximum atomic E-state index is 12.0. The van der Waals surface area contributed by atoms with E-state index in [2.05, 4.69) is 10.5 Å². The molecular weight excluding hydrogens is 220 g/mol. The molecule has 0 aliphatic heterocycles. The molecule has 2 amide bonds. The molecule has 0 fully saturated rings. The van der Waals surface area contributed by atoms with Crippen molar-refractivity contribution in [3.8, 4) is 0 Å². The van der Waals surface area contributed by atoms with E-state index < -0.39 is 0 Å². The van der Waals surface area contributed by atoms with Crippen LogP contribution in [0.15, 0.2) is 5.16 Å². The van der Waals surface area contributed by atoms with E-state index in [9.17, 15) is 4.79 Å². The highest BCUT2D eigenvalue weighted by atomic mass is 16.4. The molecule has 0 rings (SSSR count). The van der Waals surface area contributed by atoms with Crippen LogP contribution in [0.1, 0.15) is 41.0 Å². The summed E-state index contributed by atoms with van der Waals surface area (Å²) in [5.41, 5.74) is 5.11. The van der Waals surface area contributed by atoms with Gasteiger partial charge in [-0.1, -0.05) is 5.16 Å². The molecule has 0 radical (unpaired) electrons. The van der Waals surface area contributed by atoms with Gasteiger partial charge in [-0.05, 0) is 34.6 Å². The van der Waals surface area contributed by atoms with Crippen LogP contribution in [0, 0.1) is 0 Å². The summed E-state index contributed by atoms with van der Waals surface area (Å²) >= 11 is 0. The van der Waals surface area contributed by atoms with Gasteiger partial charge in [0.1, 0.15) is 5.84 Å². The third-order valence-corrected chi connectivity index (χ3v) is 2.10. The molecule has 4 N–H and O–H groups in total. The van der Waals surface area contributed by atoms with E-state index in [0.717, 1.165) is 0 Å². The Kier molecular flexibility index (Phi) is 5.78. The second-order valence-corrected chi connectivity index (χ2v) is 5.31. The van der Waals surface area contributed by atoms with Crippen LogP contribution in [0.5, 0.6) is 0 Å². The van der Waals surface area contributed by atoms with E-state index in [-0.39, 0.29) is 23.4 Å². The van der Waals surface area contributed by atoms with Crippen LogP contribution < -0.4 is 11.1 Å². The molecular formula is C11H24N4O2. The quantitative estimate of drug-likeness (QED) is 0.301. The average molecular weight is 244 g/mol. The van der Waals surface area contributed by atoms with Crippen molar-refractivity contribution in [3.63, 3.8) is 0 Å². The minimum Gasteiger partial charge on any atom is -0.409 e. The molecule has 0 saturated heterocycles. The first-order valence-corrected chi connectivity index (χ1v) is 5.72. The maximum Gasteiger partial charge on any atom is 0.318 e. The molecule has 6 heteroatoms. The summed E-state index contributed by atoms with van der Waals surface area (Å²) in [7, 11) is 0. The molecule has 0 heterocycles. The monoisotopic (exact) mass is 244 g/mol. The number of urea groups is 1. The van der Waals surface area contributed by atoms with Crippen LogP contribution in [0.3, 0.4) is 0 Å². The first-order chi connectivity index (χ1) is 7.67. The molecule has 0 aliphatic carbocycles. The van der Waals surface area contributed by atoms with E-state index in [1.165, 1.54) is 0 Å². The molecule has 0 atom stereocenters. The lowest BCUT2D eigenvalue weighted by molar-refractivity contribution is 0.176. The molecule has 0 aliphatic rings. The lowest BCUT2D eigenvalue weighted by atomic mass is 10.1. The van der Waals surface area contributed by atoms with E-state index in [0.29, 0.717) is 13.0 Å². The van der Waals surface area contributed by atoms with Gasteiger partial charge in [0.15, 0.2) is 0 Å². The van der Waals surface area contributed by atoms with Gasteiger partial charge < -0.3 is 21.2 Å². The Hall–Kier alpha value is -1.46. The Morgan fingerprint density at radius 2 is 2.00 bits per heavy atom. The van der Waals surface area contributed by atoms with Gasteiger partial charge in [0.05, 0.1) is 0 Å². The number of amidine groups is 1. The predicted octanol–water partition coefficient (Wildman–Crippen LogP) is 1.34. The van der Waals surface area contributed by atoms with Crippen molar-refractivity contribution < 1.29 is 10.0 Å². The Morgan fingerprint density at radius 1 is 1.47 bits per heavy atom. The predicted molar refractivity (Wildman–Crippen MR) is 68.2 cm³/mol. The SMILES string of the molecule is CC(C)N(CC/C(N)=N/O)C(=O)NC(C)(C)C. The Labute approximate surface area is 103 Å². The number of hydrogen-bond donors (Lipinski definition) is 3. The van der Waals surface area contributed by atoms with Gasteiger partial charge in [0.2, 0.25) is 0 Å². The van der Waals surface area contributed by atoms with Gasteiger partial charge in [0, 0.05) is 24.5 Å². The summed E-state index contributed by atoms with van der Waals surface area (Å²) in [6, 6.07) is -0.0814. The Balaban J connectivity index is 4.48. The Bertz CT molecular complexity index is 282. The van der Waals surface area contributed by atoms with Crippen LogP contribution in [0.25, 0.3) is 0 Å². The van der Waals surface area contributed by atoms with Crippen molar-refractivity contribution in [3.05, 3.63) is 0 Å². The molecule has 0 aromatic rings. The lowest BCUT2D eigenvalue weighted by Gasteiger charge is -2.31. The van der Waals surface area contributed by atoms with Crippen molar-refractivity contribution in [1.29, 1.82) is 0 Å². The topological polar surface area (TPSA) is 90.9 Å². The second-order valence-electron chi connectivity index (χ2n) is 5.31. The normalized spacial score (nSPS) is 12.7. The number of nitrogens with zero attached hydrogens (tertiary/aromatic N) is 2. The summed E-state index contributed by atoms with van der Waals surface area (Å²) in [6.07, 6.45) is 0.353. The first-order valence-electron chi connectivity index (χ1n) is 5.72. The summed E-state index contributed by atoms with van der Waals surface area (Å²) in [6.45, 7) is 10.0. The smallest absolute Gasteiger partial charge is 0.318 e. The van der Waals surface area contributed by atoms with Crippen LogP contribution in [-0.4, -0.2) is 40.1 Å². The van der Waals surface area contributed by atoms with Crippen LogP contribution in [0.4, 0.5) is 4.79 Å². The second kappa shape index (κ2) is 6.32. The summed E-state index contributed by atoms with van der Waals surface area (Å²) in [5.74, 6) is 0.124. The van der Waals surface area contributed by atoms with Gasteiger partial charge in [-0.15, -0.1) is 0 Å². The Morgan fingerprint density at radius 3 is 2.35 bits per heavy atom. The fraction of sp³-hybridized carbons (Fsp3) is 0.818. The molecule has 100 valence electrons. The highest BCUT2D eigenvalue weighted by Gasteiger charge is 2.21. The van der Waals surface area contributed by atoms with Crippen molar-refractivity contribution in [1.82, 2.24) is 10.2 Å². The number of nitrogens with one attached hydrogen (secondary N) is 1. The summed E-state index contributed by atoms with van der Waals surface area (Å²) in [4.78, 5) is 13.6. The first kappa shape index (κ1) is 15.5. The van der Waals surface area contributed by atoms with Crippen LogP contribution in [0.2, 0.25) is 0 Å². The average Bonchev–Trinajstić information content (AvgIpc) is 2.14. The van der Waals surface area contributed by atoms with Crippen molar-refractivity contribution in [2.75, 3.05) is 6.54 Å². The van der Waals surface area contributed by atoms with E-state index in [4.69, 9.17) is 10.9 Å². The third kappa shape index (κ3) is 6.65. The van der Waals surface area contributed by atoms with Gasteiger partial charge in [-0.25, -0.2) is 4.79 Å². The zero-order valence-electron chi connectivity index (χ0n) is 11.3. The number of carbonyl (C=O) groups excluding carboxylic acids is 1. The van der Waals surface area contributed by atoms with Crippen molar-refractivity contribution in [2.45, 2.75) is 52.6 Å². The molecule has 0 spiro atoms. The van der Waals surface area contributed by atoms with E-state index >= 15 is 0 Å². The minimum absolute atomic E-state index is 0.0591. The van der Waals surface area contributed by atoms with Crippen molar-refractivity contribution >= 4 is 11.9 Å². The number of oxime groups is 1. The van der Waals surface area contributed by atoms with Gasteiger partial charge in [-0.2, -0.15) is 0 Å². The standard InChI is InChI=1S/C11H24N4O2/c1-8(2)15(7-6-9(12)14-17)10(16)13-11(3,4)5/h8,17H,6-7H2,1-5H3,(H2,12,14)(H,13,16). The highest BCUT2D eigenvalue weighted by molar-refractivity contribution is 5.81. The summed E-state index contributed by atoms with van der Waals surface area (Å²) < 4.78 is 0. The number of nitrogens with two attached hydrogens (primary N) is 1.